The van der Waals surface area contributed by atoms with Crippen molar-refractivity contribution >= 4 is 11.7 Å². The van der Waals surface area contributed by atoms with Gasteiger partial charge in [-0.1, -0.05) is 0 Å². The second kappa shape index (κ2) is 5.51. The summed E-state index contributed by atoms with van der Waals surface area (Å²) in [7, 11) is 0. The van der Waals surface area contributed by atoms with Gasteiger partial charge in [-0.3, -0.25) is 0 Å². The van der Waals surface area contributed by atoms with E-state index in [1.807, 2.05) is 0 Å². The van der Waals surface area contributed by atoms with Crippen LogP contribution in [0.3, 0.4) is 0 Å². The Morgan fingerprint density at radius 2 is 1.85 bits per heavy atom. The van der Waals surface area contributed by atoms with Gasteiger partial charge in [0.15, 0.2) is 0 Å². The molecule has 2 atom stereocenters. The van der Waals surface area contributed by atoms with E-state index >= 15 is 0 Å². The highest BCUT2D eigenvalue weighted by Gasteiger charge is 2.33. The zero-order valence-electron chi connectivity index (χ0n) is 11.2. The zero-order valence-corrected chi connectivity index (χ0v) is 11.2. The Hall–Kier alpha value is -2.06. The molecule has 20 heavy (non-hydrogen) atoms. The van der Waals surface area contributed by atoms with E-state index in [1.54, 1.807) is 24.3 Å². The summed E-state index contributed by atoms with van der Waals surface area (Å²) in [6.45, 7) is 0. The van der Waals surface area contributed by atoms with Crippen LogP contribution in [-0.4, -0.2) is 24.2 Å². The van der Waals surface area contributed by atoms with E-state index in [0.29, 0.717) is 23.3 Å². The minimum Gasteiger partial charge on any atom is -0.335 e. The summed E-state index contributed by atoms with van der Waals surface area (Å²) < 4.78 is 0. The Morgan fingerprint density at radius 3 is 2.45 bits per heavy atom. The van der Waals surface area contributed by atoms with Crippen LogP contribution in [-0.2, 0) is 0 Å². The Morgan fingerprint density at radius 1 is 1.20 bits per heavy atom. The topological polar surface area (TPSA) is 77.0 Å². The lowest BCUT2D eigenvalue weighted by Crippen LogP contribution is -2.49. The van der Waals surface area contributed by atoms with Crippen molar-refractivity contribution in [2.45, 2.75) is 43.8 Å². The number of fused-ring (bicyclic) bond motifs is 2. The fourth-order valence-corrected chi connectivity index (χ4v) is 3.16. The third-order valence-electron chi connectivity index (χ3n) is 4.08. The molecule has 0 spiro atoms. The monoisotopic (exact) mass is 270 g/mol. The van der Waals surface area contributed by atoms with Gasteiger partial charge < -0.3 is 16.0 Å². The van der Waals surface area contributed by atoms with Gasteiger partial charge in [-0.2, -0.15) is 5.26 Å². The number of hydrogen-bond acceptors (Lipinski definition) is 3. The average Bonchev–Trinajstić information content (AvgIpc) is 2.78. The average molecular weight is 270 g/mol. The van der Waals surface area contributed by atoms with E-state index < -0.39 is 0 Å². The van der Waals surface area contributed by atoms with E-state index in [4.69, 9.17) is 5.26 Å². The fraction of sp³-hybridized carbons (Fsp3) is 0.467. The maximum absolute atomic E-state index is 12.0. The summed E-state index contributed by atoms with van der Waals surface area (Å²) in [6, 6.07) is 10.1. The second-order valence-corrected chi connectivity index (χ2v) is 5.59. The molecule has 0 saturated carbocycles. The molecule has 1 aromatic rings. The molecule has 1 aromatic carbocycles. The Balaban J connectivity index is 1.53. The predicted molar refractivity (Wildman–Crippen MR) is 76.3 cm³/mol. The van der Waals surface area contributed by atoms with Gasteiger partial charge in [-0.15, -0.1) is 0 Å². The number of carbonyl (C=O) groups excluding carboxylic acids is 1. The number of anilines is 1. The number of nitriles is 1. The van der Waals surface area contributed by atoms with Gasteiger partial charge in [0.25, 0.3) is 0 Å². The minimum absolute atomic E-state index is 0.166. The molecular weight excluding hydrogens is 252 g/mol. The summed E-state index contributed by atoms with van der Waals surface area (Å²) >= 11 is 0. The van der Waals surface area contributed by atoms with Crippen LogP contribution in [0.2, 0.25) is 0 Å². The highest BCUT2D eigenvalue weighted by molar-refractivity contribution is 5.89. The molecular formula is C15H18N4O. The zero-order chi connectivity index (χ0) is 13.9. The second-order valence-electron chi connectivity index (χ2n) is 5.59. The lowest BCUT2D eigenvalue weighted by Gasteiger charge is -2.29. The first-order chi connectivity index (χ1) is 9.72. The van der Waals surface area contributed by atoms with Crippen LogP contribution in [0.15, 0.2) is 24.3 Å². The van der Waals surface area contributed by atoms with Crippen LogP contribution in [0.5, 0.6) is 0 Å². The van der Waals surface area contributed by atoms with Crippen LogP contribution < -0.4 is 16.0 Å². The summed E-state index contributed by atoms with van der Waals surface area (Å²) in [5.74, 6) is 0. The van der Waals surface area contributed by atoms with E-state index in [-0.39, 0.29) is 12.1 Å². The molecule has 2 saturated heterocycles. The maximum atomic E-state index is 12.0. The molecule has 2 fully saturated rings. The first-order valence-corrected chi connectivity index (χ1v) is 7.06. The molecule has 2 bridgehead atoms. The van der Waals surface area contributed by atoms with Crippen LogP contribution in [0.25, 0.3) is 0 Å². The highest BCUT2D eigenvalue weighted by atomic mass is 16.2. The summed E-state index contributed by atoms with van der Waals surface area (Å²) in [6.07, 6.45) is 4.47. The van der Waals surface area contributed by atoms with E-state index in [9.17, 15) is 4.79 Å². The number of hydrogen-bond donors (Lipinski definition) is 3. The van der Waals surface area contributed by atoms with Gasteiger partial charge in [0.1, 0.15) is 0 Å². The molecule has 2 unspecified atom stereocenters. The molecule has 5 nitrogen and oxygen atoms in total. The number of rotatable bonds is 2. The lowest BCUT2D eigenvalue weighted by atomic mass is 10.0. The highest BCUT2D eigenvalue weighted by Crippen LogP contribution is 2.26. The lowest BCUT2D eigenvalue weighted by molar-refractivity contribution is 0.240. The van der Waals surface area contributed by atoms with Gasteiger partial charge in [0.05, 0.1) is 11.6 Å². The van der Waals surface area contributed by atoms with Crippen molar-refractivity contribution < 1.29 is 4.79 Å². The quantitative estimate of drug-likeness (QED) is 0.769. The summed E-state index contributed by atoms with van der Waals surface area (Å²) in [5.41, 5.74) is 1.30. The maximum Gasteiger partial charge on any atom is 0.319 e. The van der Waals surface area contributed by atoms with E-state index in [2.05, 4.69) is 22.0 Å². The van der Waals surface area contributed by atoms with Crippen molar-refractivity contribution in [3.63, 3.8) is 0 Å². The van der Waals surface area contributed by atoms with Crippen molar-refractivity contribution in [2.24, 2.45) is 0 Å². The van der Waals surface area contributed by atoms with Crippen molar-refractivity contribution in [3.05, 3.63) is 29.8 Å². The van der Waals surface area contributed by atoms with Gasteiger partial charge in [0, 0.05) is 23.8 Å². The number of piperidine rings is 1. The SMILES string of the molecule is N#Cc1ccc(NC(=O)NC2CC3CCC(C2)N3)cc1. The molecule has 5 heteroatoms. The number of amides is 2. The Labute approximate surface area is 118 Å². The third-order valence-corrected chi connectivity index (χ3v) is 4.08. The fourth-order valence-electron chi connectivity index (χ4n) is 3.16. The first-order valence-electron chi connectivity index (χ1n) is 7.06. The largest absolute Gasteiger partial charge is 0.335 e. The van der Waals surface area contributed by atoms with Crippen molar-refractivity contribution in [2.75, 3.05) is 5.32 Å². The van der Waals surface area contributed by atoms with Crippen LogP contribution in [0.1, 0.15) is 31.2 Å². The standard InChI is InChI=1S/C15H18N4O/c16-9-10-1-3-11(4-2-10)18-15(20)19-14-7-12-5-6-13(8-14)17-12/h1-4,12-14,17H,5-8H2,(H2,18,19,20). The molecule has 0 aromatic heterocycles. The van der Waals surface area contributed by atoms with Crippen molar-refractivity contribution in [1.29, 1.82) is 5.26 Å². The molecule has 2 amide bonds. The number of benzene rings is 1. The van der Waals surface area contributed by atoms with E-state index in [0.717, 1.165) is 12.8 Å². The molecule has 2 heterocycles. The molecule has 0 radical (unpaired) electrons. The molecule has 3 N–H and O–H groups in total. The number of urea groups is 1. The molecule has 2 aliphatic rings. The van der Waals surface area contributed by atoms with Crippen molar-refractivity contribution in [3.8, 4) is 6.07 Å². The normalized spacial score (nSPS) is 27.6. The minimum atomic E-state index is -0.166. The van der Waals surface area contributed by atoms with Crippen LogP contribution >= 0.6 is 0 Å². The number of carbonyl (C=O) groups is 1. The van der Waals surface area contributed by atoms with Gasteiger partial charge in [0.2, 0.25) is 0 Å². The Bertz CT molecular complexity index is 522. The predicted octanol–water partition coefficient (Wildman–Crippen LogP) is 1.96. The van der Waals surface area contributed by atoms with Gasteiger partial charge in [-0.05, 0) is 49.9 Å². The number of nitrogens with one attached hydrogen (secondary N) is 3. The molecule has 2 aliphatic heterocycles. The van der Waals surface area contributed by atoms with Crippen LogP contribution in [0.4, 0.5) is 10.5 Å². The summed E-state index contributed by atoms with van der Waals surface area (Å²) in [4.78, 5) is 12.0. The summed E-state index contributed by atoms with van der Waals surface area (Å²) in [5, 5.41) is 18.1. The Kier molecular flexibility index (Phi) is 3.57. The molecule has 3 rings (SSSR count). The van der Waals surface area contributed by atoms with Gasteiger partial charge >= 0.3 is 6.03 Å². The smallest absolute Gasteiger partial charge is 0.319 e. The first kappa shape index (κ1) is 12.9. The number of nitrogens with zero attached hydrogens (tertiary/aromatic N) is 1. The molecule has 104 valence electrons. The molecule has 0 aliphatic carbocycles. The van der Waals surface area contributed by atoms with Crippen molar-refractivity contribution in [1.82, 2.24) is 10.6 Å². The van der Waals surface area contributed by atoms with E-state index in [1.165, 1.54) is 12.8 Å². The third kappa shape index (κ3) is 2.91. The van der Waals surface area contributed by atoms with Crippen LogP contribution in [0, 0.1) is 11.3 Å². The van der Waals surface area contributed by atoms with Gasteiger partial charge in [-0.25, -0.2) is 4.79 Å².